The number of anilines is 2. The number of hydrogen-bond acceptors (Lipinski definition) is 8. The van der Waals surface area contributed by atoms with Gasteiger partial charge >= 0.3 is 0 Å². The lowest BCUT2D eigenvalue weighted by Crippen LogP contribution is -2.06. The Kier molecular flexibility index (Phi) is 5.76. The number of fused-ring (bicyclic) bond motifs is 1. The largest absolute Gasteiger partial charge is 0.496 e. The maximum Gasteiger partial charge on any atom is 0.208 e. The molecule has 2 heterocycles. The third kappa shape index (κ3) is 4.13. The average Bonchev–Trinajstić information content (AvgIpc) is 3.38. The second-order valence-electron chi connectivity index (χ2n) is 7.55. The Hall–Kier alpha value is -4.50. The van der Waals surface area contributed by atoms with Gasteiger partial charge in [0.2, 0.25) is 9.84 Å². The Morgan fingerprint density at radius 2 is 1.71 bits per heavy atom. The number of rotatable bonds is 7. The molecule has 0 saturated heterocycles. The summed E-state index contributed by atoms with van der Waals surface area (Å²) in [7, 11) is -2.25. The van der Waals surface area contributed by atoms with E-state index in [1.807, 2.05) is 0 Å². The Morgan fingerprint density at radius 1 is 0.943 bits per heavy atom. The Bertz CT molecular complexity index is 1650. The zero-order valence-electron chi connectivity index (χ0n) is 18.5. The quantitative estimate of drug-likeness (QED) is 0.310. The van der Waals surface area contributed by atoms with Crippen LogP contribution in [0, 0.1) is 0 Å². The van der Waals surface area contributed by atoms with Crippen molar-refractivity contribution >= 4 is 38.5 Å². The van der Waals surface area contributed by atoms with E-state index in [-0.39, 0.29) is 15.6 Å². The molecule has 5 aromatic rings. The lowest BCUT2D eigenvalue weighted by atomic mass is 10.1. The number of aldehydes is 1. The first-order chi connectivity index (χ1) is 17.0. The highest BCUT2D eigenvalue weighted by Gasteiger charge is 2.22. The smallest absolute Gasteiger partial charge is 0.208 e. The molecule has 0 aliphatic carbocycles. The first-order valence-electron chi connectivity index (χ1n) is 10.6. The number of ether oxygens (including phenoxy) is 1. The number of hydrogen-bond donors (Lipinski definition) is 1. The highest BCUT2D eigenvalue weighted by atomic mass is 32.2. The number of nitrogens with one attached hydrogen (secondary N) is 1. The molecule has 0 atom stereocenters. The molecule has 8 nitrogen and oxygen atoms in total. The molecule has 0 bridgehead atoms. The summed E-state index contributed by atoms with van der Waals surface area (Å²) in [6.45, 7) is 0. The van der Waals surface area contributed by atoms with Gasteiger partial charge < -0.3 is 14.5 Å². The van der Waals surface area contributed by atoms with Gasteiger partial charge in [-0.05, 0) is 42.5 Å². The molecule has 0 radical (unpaired) electrons. The number of methoxy groups -OCH3 is 1. The number of benzene rings is 3. The van der Waals surface area contributed by atoms with Crippen LogP contribution in [0.3, 0.4) is 0 Å². The molecule has 9 heteroatoms. The normalized spacial score (nSPS) is 11.3. The van der Waals surface area contributed by atoms with Crippen molar-refractivity contribution in [3.05, 3.63) is 91.0 Å². The molecule has 0 aliphatic rings. The van der Waals surface area contributed by atoms with E-state index in [2.05, 4.69) is 15.3 Å². The highest BCUT2D eigenvalue weighted by Crippen LogP contribution is 2.37. The molecule has 35 heavy (non-hydrogen) atoms. The van der Waals surface area contributed by atoms with Crippen molar-refractivity contribution in [3.63, 3.8) is 0 Å². The standard InChI is InChI=1S/C26H19N3O5S/c1-33-24-14-22-19(13-20(24)23-12-11-17(15-30)34-23)26(28-16-27-22)29-21-9-5-6-10-25(21)35(31,32)18-7-3-2-4-8-18/h2-16H,1H3,(H,27,28,29). The Balaban J connectivity index is 1.63. The van der Waals surface area contributed by atoms with Crippen molar-refractivity contribution in [2.24, 2.45) is 0 Å². The predicted octanol–water partition coefficient (Wildman–Crippen LogP) is 5.29. The van der Waals surface area contributed by atoms with Gasteiger partial charge in [0.05, 0.1) is 33.7 Å². The minimum atomic E-state index is -3.78. The van der Waals surface area contributed by atoms with Gasteiger partial charge in [0, 0.05) is 11.5 Å². The molecule has 2 aromatic heterocycles. The van der Waals surface area contributed by atoms with Crippen LogP contribution < -0.4 is 10.1 Å². The van der Waals surface area contributed by atoms with Gasteiger partial charge in [0.15, 0.2) is 12.0 Å². The van der Waals surface area contributed by atoms with E-state index in [1.165, 1.54) is 13.4 Å². The van der Waals surface area contributed by atoms with E-state index in [1.54, 1.807) is 78.9 Å². The van der Waals surface area contributed by atoms with Crippen molar-refractivity contribution < 1.29 is 22.4 Å². The summed E-state index contributed by atoms with van der Waals surface area (Å²) in [5.41, 5.74) is 1.54. The lowest BCUT2D eigenvalue weighted by Gasteiger charge is -2.14. The number of nitrogens with zero attached hydrogens (tertiary/aromatic N) is 2. The van der Waals surface area contributed by atoms with Crippen LogP contribution in [0.25, 0.3) is 22.2 Å². The zero-order chi connectivity index (χ0) is 24.4. The summed E-state index contributed by atoms with van der Waals surface area (Å²) in [5.74, 6) is 1.52. The second-order valence-corrected chi connectivity index (χ2v) is 9.47. The Morgan fingerprint density at radius 3 is 2.46 bits per heavy atom. The average molecular weight is 486 g/mol. The molecule has 0 amide bonds. The van der Waals surface area contributed by atoms with Crippen LogP contribution in [-0.2, 0) is 9.84 Å². The van der Waals surface area contributed by atoms with E-state index < -0.39 is 9.84 Å². The minimum absolute atomic E-state index is 0.119. The van der Waals surface area contributed by atoms with E-state index in [0.717, 1.165) is 0 Å². The van der Waals surface area contributed by atoms with Gasteiger partial charge in [0.1, 0.15) is 23.7 Å². The lowest BCUT2D eigenvalue weighted by molar-refractivity contribution is 0.110. The number of aromatic nitrogens is 2. The monoisotopic (exact) mass is 485 g/mol. The number of sulfone groups is 1. The molecule has 0 spiro atoms. The first kappa shape index (κ1) is 22.3. The van der Waals surface area contributed by atoms with Gasteiger partial charge in [0.25, 0.3) is 0 Å². The molecule has 0 unspecified atom stereocenters. The maximum absolute atomic E-state index is 13.3. The third-order valence-electron chi connectivity index (χ3n) is 5.45. The molecule has 3 aromatic carbocycles. The number of furan rings is 1. The molecule has 5 rings (SSSR count). The molecule has 0 fully saturated rings. The predicted molar refractivity (Wildman–Crippen MR) is 131 cm³/mol. The highest BCUT2D eigenvalue weighted by molar-refractivity contribution is 7.91. The van der Waals surface area contributed by atoms with Crippen LogP contribution in [0.15, 0.2) is 99.4 Å². The van der Waals surface area contributed by atoms with Crippen LogP contribution in [0.1, 0.15) is 10.6 Å². The van der Waals surface area contributed by atoms with Crippen LogP contribution >= 0.6 is 0 Å². The van der Waals surface area contributed by atoms with Gasteiger partial charge in [-0.2, -0.15) is 0 Å². The fourth-order valence-corrected chi connectivity index (χ4v) is 5.20. The first-order valence-corrected chi connectivity index (χ1v) is 12.0. The summed E-state index contributed by atoms with van der Waals surface area (Å²) in [5, 5.41) is 3.78. The third-order valence-corrected chi connectivity index (χ3v) is 7.28. The molecule has 0 saturated carbocycles. The summed E-state index contributed by atoms with van der Waals surface area (Å²) in [4.78, 5) is 20.1. The van der Waals surface area contributed by atoms with E-state index in [4.69, 9.17) is 9.15 Å². The fraction of sp³-hybridized carbons (Fsp3) is 0.0385. The summed E-state index contributed by atoms with van der Waals surface area (Å²) < 4.78 is 37.8. The Labute approximate surface area is 201 Å². The van der Waals surface area contributed by atoms with Gasteiger partial charge in [-0.15, -0.1) is 0 Å². The molecular formula is C26H19N3O5S. The fourth-order valence-electron chi connectivity index (χ4n) is 3.76. The number of carbonyl (C=O) groups is 1. The van der Waals surface area contributed by atoms with Crippen LogP contribution in [-0.4, -0.2) is 31.8 Å². The molecule has 1 N–H and O–H groups in total. The maximum atomic E-state index is 13.3. The van der Waals surface area contributed by atoms with Crippen molar-refractivity contribution in [2.45, 2.75) is 9.79 Å². The number of carbonyl (C=O) groups excluding carboxylic acids is 1. The summed E-state index contributed by atoms with van der Waals surface area (Å²) >= 11 is 0. The minimum Gasteiger partial charge on any atom is -0.496 e. The van der Waals surface area contributed by atoms with Crippen LogP contribution in [0.2, 0.25) is 0 Å². The van der Waals surface area contributed by atoms with Crippen molar-refractivity contribution in [2.75, 3.05) is 12.4 Å². The topological polar surface area (TPSA) is 111 Å². The van der Waals surface area contributed by atoms with E-state index >= 15 is 0 Å². The summed E-state index contributed by atoms with van der Waals surface area (Å²) in [6, 6.07) is 21.6. The molecular weight excluding hydrogens is 466 g/mol. The van der Waals surface area contributed by atoms with E-state index in [0.29, 0.717) is 45.8 Å². The van der Waals surface area contributed by atoms with Gasteiger partial charge in [-0.1, -0.05) is 30.3 Å². The van der Waals surface area contributed by atoms with Crippen LogP contribution in [0.5, 0.6) is 5.75 Å². The van der Waals surface area contributed by atoms with Crippen molar-refractivity contribution in [3.8, 4) is 17.1 Å². The van der Waals surface area contributed by atoms with Gasteiger partial charge in [-0.3, -0.25) is 4.79 Å². The van der Waals surface area contributed by atoms with Crippen molar-refractivity contribution in [1.82, 2.24) is 9.97 Å². The number of para-hydroxylation sites is 1. The zero-order valence-corrected chi connectivity index (χ0v) is 19.3. The second kappa shape index (κ2) is 9.03. The molecule has 0 aliphatic heterocycles. The van der Waals surface area contributed by atoms with Crippen molar-refractivity contribution in [1.29, 1.82) is 0 Å². The van der Waals surface area contributed by atoms with Gasteiger partial charge in [-0.25, -0.2) is 18.4 Å². The molecule has 174 valence electrons. The van der Waals surface area contributed by atoms with E-state index in [9.17, 15) is 13.2 Å². The summed E-state index contributed by atoms with van der Waals surface area (Å²) in [6.07, 6.45) is 2.01. The SMILES string of the molecule is COc1cc2ncnc(Nc3ccccc3S(=O)(=O)c3ccccc3)c2cc1-c1ccc(C=O)o1. The van der Waals surface area contributed by atoms with Crippen LogP contribution in [0.4, 0.5) is 11.5 Å².